The molecule has 3 heteroatoms. The molecule has 0 saturated carbocycles. The molecule has 1 N–H and O–H groups in total. The predicted molar refractivity (Wildman–Crippen MR) is 107 cm³/mol. The molecule has 0 fully saturated rings. The van der Waals surface area contributed by atoms with Gasteiger partial charge in [-0.05, 0) is 49.7 Å². The first-order chi connectivity index (χ1) is 12.7. The first-order valence-corrected chi connectivity index (χ1v) is 8.97. The van der Waals surface area contributed by atoms with E-state index in [1.165, 1.54) is 11.1 Å². The second-order valence-electron chi connectivity index (χ2n) is 6.19. The van der Waals surface area contributed by atoms with E-state index in [1.54, 1.807) is 0 Å². The van der Waals surface area contributed by atoms with Crippen LogP contribution in [0.2, 0.25) is 0 Å². The van der Waals surface area contributed by atoms with Crippen molar-refractivity contribution in [1.29, 1.82) is 0 Å². The Kier molecular flexibility index (Phi) is 6.15. The van der Waals surface area contributed by atoms with Crippen molar-refractivity contribution in [3.63, 3.8) is 0 Å². The third-order valence-corrected chi connectivity index (χ3v) is 4.14. The summed E-state index contributed by atoms with van der Waals surface area (Å²) in [6.07, 6.45) is 0. The van der Waals surface area contributed by atoms with Crippen molar-refractivity contribution in [2.24, 2.45) is 0 Å². The zero-order chi connectivity index (χ0) is 18.2. The molecule has 0 radical (unpaired) electrons. The van der Waals surface area contributed by atoms with Gasteiger partial charge in [-0.3, -0.25) is 0 Å². The van der Waals surface area contributed by atoms with E-state index in [0.717, 1.165) is 22.7 Å². The van der Waals surface area contributed by atoms with Gasteiger partial charge in [0.2, 0.25) is 0 Å². The Labute approximate surface area is 155 Å². The van der Waals surface area contributed by atoms with Crippen molar-refractivity contribution >= 4 is 5.69 Å². The second kappa shape index (κ2) is 8.95. The van der Waals surface area contributed by atoms with Crippen molar-refractivity contribution in [2.45, 2.75) is 27.0 Å². The van der Waals surface area contributed by atoms with Crippen LogP contribution >= 0.6 is 0 Å². The minimum atomic E-state index is 0.570. The molecule has 0 aliphatic heterocycles. The topological polar surface area (TPSA) is 30.5 Å². The van der Waals surface area contributed by atoms with E-state index in [0.29, 0.717) is 19.8 Å². The van der Waals surface area contributed by atoms with Crippen LogP contribution in [0, 0.1) is 6.92 Å². The number of anilines is 1. The number of benzene rings is 3. The molecule has 3 nitrogen and oxygen atoms in total. The number of hydrogen-bond acceptors (Lipinski definition) is 3. The van der Waals surface area contributed by atoms with Crippen LogP contribution in [0.25, 0.3) is 0 Å². The van der Waals surface area contributed by atoms with Crippen molar-refractivity contribution in [3.05, 3.63) is 89.5 Å². The average molecular weight is 347 g/mol. The van der Waals surface area contributed by atoms with E-state index < -0.39 is 0 Å². The minimum absolute atomic E-state index is 0.570. The molecule has 26 heavy (non-hydrogen) atoms. The van der Waals surface area contributed by atoms with Gasteiger partial charge < -0.3 is 14.8 Å². The number of hydrogen-bond donors (Lipinski definition) is 1. The smallest absolute Gasteiger partial charge is 0.124 e. The largest absolute Gasteiger partial charge is 0.494 e. The van der Waals surface area contributed by atoms with Crippen molar-refractivity contribution < 1.29 is 9.47 Å². The lowest BCUT2D eigenvalue weighted by Crippen LogP contribution is -2.03. The maximum atomic E-state index is 6.04. The van der Waals surface area contributed by atoms with E-state index in [4.69, 9.17) is 9.47 Å². The average Bonchev–Trinajstić information content (AvgIpc) is 2.68. The molecule has 0 spiro atoms. The van der Waals surface area contributed by atoms with Gasteiger partial charge in [-0.25, -0.2) is 0 Å². The van der Waals surface area contributed by atoms with Crippen molar-refractivity contribution in [1.82, 2.24) is 0 Å². The zero-order valence-corrected chi connectivity index (χ0v) is 15.4. The van der Waals surface area contributed by atoms with Crippen LogP contribution in [0.3, 0.4) is 0 Å². The molecule has 134 valence electrons. The number of nitrogens with one attached hydrogen (secondary N) is 1. The molecule has 0 atom stereocenters. The first kappa shape index (κ1) is 17.9. The van der Waals surface area contributed by atoms with Gasteiger partial charge in [0.15, 0.2) is 0 Å². The molecular formula is C23H25NO2. The van der Waals surface area contributed by atoms with E-state index in [2.05, 4.69) is 42.6 Å². The Hall–Kier alpha value is -2.94. The second-order valence-corrected chi connectivity index (χ2v) is 6.19. The van der Waals surface area contributed by atoms with Gasteiger partial charge in [-0.15, -0.1) is 0 Å². The van der Waals surface area contributed by atoms with Gasteiger partial charge in [0.05, 0.1) is 6.61 Å². The van der Waals surface area contributed by atoms with Gasteiger partial charge in [-0.2, -0.15) is 0 Å². The summed E-state index contributed by atoms with van der Waals surface area (Å²) in [4.78, 5) is 0. The fourth-order valence-corrected chi connectivity index (χ4v) is 2.67. The Morgan fingerprint density at radius 2 is 1.54 bits per heavy atom. The van der Waals surface area contributed by atoms with Gasteiger partial charge >= 0.3 is 0 Å². The highest BCUT2D eigenvalue weighted by Crippen LogP contribution is 2.22. The lowest BCUT2D eigenvalue weighted by Gasteiger charge is -2.13. The number of rotatable bonds is 8. The SMILES string of the molecule is CCOc1ccc(NCc2ccccc2OCc2ccc(C)cc2)cc1. The maximum Gasteiger partial charge on any atom is 0.124 e. The van der Waals surface area contributed by atoms with Crippen LogP contribution in [-0.4, -0.2) is 6.61 Å². The Morgan fingerprint density at radius 1 is 0.808 bits per heavy atom. The molecule has 3 rings (SSSR count). The lowest BCUT2D eigenvalue weighted by molar-refractivity contribution is 0.303. The molecule has 0 amide bonds. The molecule has 3 aromatic rings. The summed E-state index contributed by atoms with van der Waals surface area (Å²) in [5, 5.41) is 3.44. The summed E-state index contributed by atoms with van der Waals surface area (Å²) in [6, 6.07) is 24.6. The zero-order valence-electron chi connectivity index (χ0n) is 15.4. The molecular weight excluding hydrogens is 322 g/mol. The molecule has 0 aromatic heterocycles. The standard InChI is InChI=1S/C23H25NO2/c1-3-25-22-14-12-21(13-15-22)24-16-20-6-4-5-7-23(20)26-17-19-10-8-18(2)9-11-19/h4-15,24H,3,16-17H2,1-2H3. The summed E-state index contributed by atoms with van der Waals surface area (Å²) in [7, 11) is 0. The highest BCUT2D eigenvalue weighted by Gasteiger charge is 2.04. The first-order valence-electron chi connectivity index (χ1n) is 8.97. The third kappa shape index (κ3) is 5.03. The summed E-state index contributed by atoms with van der Waals surface area (Å²) in [5.74, 6) is 1.80. The van der Waals surface area contributed by atoms with Gasteiger partial charge in [0.25, 0.3) is 0 Å². The normalized spacial score (nSPS) is 10.4. The summed E-state index contributed by atoms with van der Waals surface area (Å²) in [6.45, 7) is 6.03. The molecule has 0 saturated heterocycles. The summed E-state index contributed by atoms with van der Waals surface area (Å²) < 4.78 is 11.5. The maximum absolute atomic E-state index is 6.04. The van der Waals surface area contributed by atoms with Gasteiger partial charge in [0.1, 0.15) is 18.1 Å². The van der Waals surface area contributed by atoms with Crippen LogP contribution < -0.4 is 14.8 Å². The third-order valence-electron chi connectivity index (χ3n) is 4.14. The predicted octanol–water partition coefficient (Wildman–Crippen LogP) is 5.58. The molecule has 0 aliphatic rings. The lowest BCUT2D eigenvalue weighted by atomic mass is 10.1. The minimum Gasteiger partial charge on any atom is -0.494 e. The Balaban J connectivity index is 1.60. The number of aryl methyl sites for hydroxylation is 1. The van der Waals surface area contributed by atoms with Crippen LogP contribution in [0.1, 0.15) is 23.6 Å². The van der Waals surface area contributed by atoms with Crippen LogP contribution in [-0.2, 0) is 13.2 Å². The summed E-state index contributed by atoms with van der Waals surface area (Å²) >= 11 is 0. The van der Waals surface area contributed by atoms with E-state index in [1.807, 2.05) is 49.4 Å². The van der Waals surface area contributed by atoms with Crippen LogP contribution in [0.4, 0.5) is 5.69 Å². The number of para-hydroxylation sites is 1. The fourth-order valence-electron chi connectivity index (χ4n) is 2.67. The highest BCUT2D eigenvalue weighted by molar-refractivity contribution is 5.48. The van der Waals surface area contributed by atoms with Crippen LogP contribution in [0.5, 0.6) is 11.5 Å². The van der Waals surface area contributed by atoms with Crippen molar-refractivity contribution in [2.75, 3.05) is 11.9 Å². The monoisotopic (exact) mass is 347 g/mol. The molecule has 0 aliphatic carbocycles. The molecule has 3 aromatic carbocycles. The van der Waals surface area contributed by atoms with Crippen LogP contribution in [0.15, 0.2) is 72.8 Å². The Bertz CT molecular complexity index is 810. The van der Waals surface area contributed by atoms with Gasteiger partial charge in [0, 0.05) is 17.8 Å². The quantitative estimate of drug-likeness (QED) is 0.576. The summed E-state index contributed by atoms with van der Waals surface area (Å²) in [5.41, 5.74) is 4.62. The van der Waals surface area contributed by atoms with Gasteiger partial charge in [-0.1, -0.05) is 48.0 Å². The van der Waals surface area contributed by atoms with E-state index >= 15 is 0 Å². The molecule has 0 heterocycles. The Morgan fingerprint density at radius 3 is 2.27 bits per heavy atom. The molecule has 0 bridgehead atoms. The van der Waals surface area contributed by atoms with E-state index in [-0.39, 0.29) is 0 Å². The van der Waals surface area contributed by atoms with Crippen molar-refractivity contribution in [3.8, 4) is 11.5 Å². The van der Waals surface area contributed by atoms with E-state index in [9.17, 15) is 0 Å². The fraction of sp³-hybridized carbons (Fsp3) is 0.217. The molecule has 0 unspecified atom stereocenters. The highest BCUT2D eigenvalue weighted by atomic mass is 16.5. The number of ether oxygens (including phenoxy) is 2.